The molecule has 2 aromatic rings. The number of amides is 2. The van der Waals surface area contributed by atoms with E-state index in [4.69, 9.17) is 11.6 Å². The summed E-state index contributed by atoms with van der Waals surface area (Å²) < 4.78 is 0. The minimum absolute atomic E-state index is 0.206. The normalized spacial score (nSPS) is 11.8. The van der Waals surface area contributed by atoms with Crippen LogP contribution in [0.2, 0.25) is 5.02 Å². The Morgan fingerprint density at radius 1 is 1.30 bits per heavy atom. The Morgan fingerprint density at radius 3 is 2.78 bits per heavy atom. The summed E-state index contributed by atoms with van der Waals surface area (Å²) in [4.78, 5) is 23.6. The lowest BCUT2D eigenvalue weighted by Gasteiger charge is -2.11. The van der Waals surface area contributed by atoms with Crippen molar-refractivity contribution in [2.75, 3.05) is 11.9 Å². The lowest BCUT2D eigenvalue weighted by molar-refractivity contribution is -0.136. The van der Waals surface area contributed by atoms with Gasteiger partial charge in [0.25, 0.3) is 0 Å². The first-order valence-corrected chi connectivity index (χ1v) is 8.35. The number of rotatable bonds is 5. The van der Waals surface area contributed by atoms with Crippen LogP contribution >= 0.6 is 22.9 Å². The molecule has 0 aliphatic heterocycles. The van der Waals surface area contributed by atoms with Gasteiger partial charge in [-0.15, -0.1) is 0 Å². The molecule has 0 saturated heterocycles. The van der Waals surface area contributed by atoms with Crippen LogP contribution in [0.15, 0.2) is 35.0 Å². The summed E-state index contributed by atoms with van der Waals surface area (Å²) in [5, 5.41) is 19.1. The highest BCUT2D eigenvalue weighted by Gasteiger charge is 2.16. The Kier molecular flexibility index (Phi) is 6.15. The molecule has 0 fully saturated rings. The van der Waals surface area contributed by atoms with Crippen LogP contribution in [0.1, 0.15) is 23.7 Å². The zero-order valence-electron chi connectivity index (χ0n) is 12.5. The quantitative estimate of drug-likeness (QED) is 0.724. The van der Waals surface area contributed by atoms with Gasteiger partial charge in [-0.05, 0) is 53.4 Å². The fraction of sp³-hybridized carbons (Fsp3) is 0.250. The molecule has 0 saturated carbocycles. The van der Waals surface area contributed by atoms with E-state index in [0.29, 0.717) is 22.7 Å². The van der Waals surface area contributed by atoms with Gasteiger partial charge in [0.2, 0.25) is 0 Å². The van der Waals surface area contributed by atoms with Crippen molar-refractivity contribution in [3.8, 4) is 0 Å². The predicted octanol–water partition coefficient (Wildman–Crippen LogP) is 2.89. The number of halogens is 1. The van der Waals surface area contributed by atoms with E-state index >= 15 is 0 Å². The van der Waals surface area contributed by atoms with Gasteiger partial charge in [0.1, 0.15) is 0 Å². The van der Waals surface area contributed by atoms with Crippen LogP contribution in [0.4, 0.5) is 5.69 Å². The maximum atomic E-state index is 11.9. The standard InChI is InChI=1S/C16H17ClN2O3S/c1-10-12(17)3-2-4-13(10)19-16(22)15(21)18-7-5-14(20)11-6-8-23-9-11/h2-4,6,8-9,14,20H,5,7H2,1H3,(H,18,21)(H,19,22)/t14-/m0/s1. The first-order chi connectivity index (χ1) is 11.0. The molecule has 1 atom stereocenters. The molecule has 0 radical (unpaired) electrons. The highest BCUT2D eigenvalue weighted by molar-refractivity contribution is 7.07. The summed E-state index contributed by atoms with van der Waals surface area (Å²) in [6.07, 6.45) is -0.314. The third-order valence-electron chi connectivity index (χ3n) is 3.35. The zero-order chi connectivity index (χ0) is 16.8. The smallest absolute Gasteiger partial charge is 0.313 e. The molecule has 1 heterocycles. The lowest BCUT2D eigenvalue weighted by atomic mass is 10.1. The van der Waals surface area contributed by atoms with Crippen LogP contribution in [0, 0.1) is 6.92 Å². The number of aliphatic hydroxyl groups excluding tert-OH is 1. The molecule has 3 N–H and O–H groups in total. The molecule has 0 unspecified atom stereocenters. The molecule has 2 rings (SSSR count). The summed E-state index contributed by atoms with van der Waals surface area (Å²) in [6.45, 7) is 1.96. The minimum Gasteiger partial charge on any atom is -0.388 e. The number of thiophene rings is 1. The van der Waals surface area contributed by atoms with Gasteiger partial charge in [0.15, 0.2) is 0 Å². The Hall–Kier alpha value is -1.89. The van der Waals surface area contributed by atoms with Crippen LogP contribution in [0.25, 0.3) is 0 Å². The van der Waals surface area contributed by atoms with Crippen molar-refractivity contribution in [3.05, 3.63) is 51.2 Å². The number of nitrogens with one attached hydrogen (secondary N) is 2. The average Bonchev–Trinajstić information content (AvgIpc) is 3.06. The Balaban J connectivity index is 1.81. The number of carbonyl (C=O) groups excluding carboxylic acids is 2. The topological polar surface area (TPSA) is 78.4 Å². The molecule has 5 nitrogen and oxygen atoms in total. The molecule has 23 heavy (non-hydrogen) atoms. The van der Waals surface area contributed by atoms with Crippen molar-refractivity contribution in [1.82, 2.24) is 5.32 Å². The highest BCUT2D eigenvalue weighted by atomic mass is 35.5. The van der Waals surface area contributed by atoms with Crippen LogP contribution in [0.3, 0.4) is 0 Å². The Bertz CT molecular complexity index is 689. The van der Waals surface area contributed by atoms with Gasteiger partial charge in [-0.1, -0.05) is 17.7 Å². The van der Waals surface area contributed by atoms with E-state index in [1.165, 1.54) is 11.3 Å². The number of carbonyl (C=O) groups is 2. The monoisotopic (exact) mass is 352 g/mol. The molecule has 1 aromatic heterocycles. The van der Waals surface area contributed by atoms with Crippen molar-refractivity contribution >= 4 is 40.4 Å². The molecular formula is C16H17ClN2O3S. The van der Waals surface area contributed by atoms with E-state index < -0.39 is 17.9 Å². The predicted molar refractivity (Wildman–Crippen MR) is 91.7 cm³/mol. The summed E-state index contributed by atoms with van der Waals surface area (Å²) in [7, 11) is 0. The van der Waals surface area contributed by atoms with Crippen LogP contribution in [-0.2, 0) is 9.59 Å². The van der Waals surface area contributed by atoms with Gasteiger partial charge >= 0.3 is 11.8 Å². The van der Waals surface area contributed by atoms with E-state index in [-0.39, 0.29) is 6.54 Å². The molecule has 122 valence electrons. The Labute approximate surface area is 143 Å². The number of hydrogen-bond donors (Lipinski definition) is 3. The highest BCUT2D eigenvalue weighted by Crippen LogP contribution is 2.22. The largest absolute Gasteiger partial charge is 0.388 e. The van der Waals surface area contributed by atoms with Crippen LogP contribution in [0.5, 0.6) is 0 Å². The van der Waals surface area contributed by atoms with E-state index in [9.17, 15) is 14.7 Å². The van der Waals surface area contributed by atoms with E-state index in [1.54, 1.807) is 25.1 Å². The number of anilines is 1. The number of hydrogen-bond acceptors (Lipinski definition) is 4. The summed E-state index contributed by atoms with van der Waals surface area (Å²) >= 11 is 7.46. The number of aliphatic hydroxyl groups is 1. The third kappa shape index (κ3) is 4.79. The maximum absolute atomic E-state index is 11.9. The lowest BCUT2D eigenvalue weighted by Crippen LogP contribution is -2.36. The van der Waals surface area contributed by atoms with Gasteiger partial charge in [0, 0.05) is 17.3 Å². The Morgan fingerprint density at radius 2 is 2.09 bits per heavy atom. The first-order valence-electron chi connectivity index (χ1n) is 7.03. The van der Waals surface area contributed by atoms with Gasteiger partial charge in [-0.25, -0.2) is 0 Å². The number of benzene rings is 1. The molecular weight excluding hydrogens is 336 g/mol. The summed E-state index contributed by atoms with van der Waals surface area (Å²) in [5.74, 6) is -1.51. The SMILES string of the molecule is Cc1c(Cl)cccc1NC(=O)C(=O)NCC[C@H](O)c1ccsc1. The van der Waals surface area contributed by atoms with Gasteiger partial charge in [-0.3, -0.25) is 9.59 Å². The molecule has 2 amide bonds. The third-order valence-corrected chi connectivity index (χ3v) is 4.46. The van der Waals surface area contributed by atoms with Crippen molar-refractivity contribution < 1.29 is 14.7 Å². The second-order valence-electron chi connectivity index (χ2n) is 4.98. The van der Waals surface area contributed by atoms with Gasteiger partial charge in [0.05, 0.1) is 6.10 Å². The maximum Gasteiger partial charge on any atom is 0.313 e. The molecule has 0 aliphatic carbocycles. The van der Waals surface area contributed by atoms with Crippen molar-refractivity contribution in [2.24, 2.45) is 0 Å². The molecule has 0 aliphatic rings. The second kappa shape index (κ2) is 8.10. The summed E-state index contributed by atoms with van der Waals surface area (Å²) in [5.41, 5.74) is 2.00. The fourth-order valence-electron chi connectivity index (χ4n) is 1.96. The fourth-order valence-corrected chi connectivity index (χ4v) is 2.84. The zero-order valence-corrected chi connectivity index (χ0v) is 14.1. The van der Waals surface area contributed by atoms with E-state index in [1.807, 2.05) is 16.8 Å². The van der Waals surface area contributed by atoms with Gasteiger partial charge in [-0.2, -0.15) is 11.3 Å². The summed E-state index contributed by atoms with van der Waals surface area (Å²) in [6, 6.07) is 6.90. The molecule has 0 spiro atoms. The second-order valence-corrected chi connectivity index (χ2v) is 6.17. The van der Waals surface area contributed by atoms with Crippen LogP contribution in [-0.4, -0.2) is 23.5 Å². The van der Waals surface area contributed by atoms with Crippen molar-refractivity contribution in [2.45, 2.75) is 19.4 Å². The molecule has 0 bridgehead atoms. The van der Waals surface area contributed by atoms with Crippen LogP contribution < -0.4 is 10.6 Å². The average molecular weight is 353 g/mol. The molecule has 1 aromatic carbocycles. The van der Waals surface area contributed by atoms with E-state index in [2.05, 4.69) is 10.6 Å². The van der Waals surface area contributed by atoms with E-state index in [0.717, 1.165) is 5.56 Å². The van der Waals surface area contributed by atoms with Crippen molar-refractivity contribution in [3.63, 3.8) is 0 Å². The van der Waals surface area contributed by atoms with Gasteiger partial charge < -0.3 is 15.7 Å². The van der Waals surface area contributed by atoms with Crippen molar-refractivity contribution in [1.29, 1.82) is 0 Å². The first kappa shape index (κ1) is 17.5. The molecule has 7 heteroatoms. The minimum atomic E-state index is -0.764.